The van der Waals surface area contributed by atoms with Gasteiger partial charge in [0.15, 0.2) is 0 Å². The van der Waals surface area contributed by atoms with E-state index in [1.165, 1.54) is 0 Å². The molecular weight excluding hydrogens is 218 g/mol. The average Bonchev–Trinajstić information content (AvgIpc) is 2.91. The summed E-state index contributed by atoms with van der Waals surface area (Å²) in [7, 11) is 0. The quantitative estimate of drug-likeness (QED) is 0.825. The molecule has 0 spiro atoms. The first-order valence-electron chi connectivity index (χ1n) is 6.30. The van der Waals surface area contributed by atoms with Gasteiger partial charge in [-0.05, 0) is 47.5 Å². The van der Waals surface area contributed by atoms with E-state index in [0.717, 1.165) is 12.8 Å². The highest BCUT2D eigenvalue weighted by molar-refractivity contribution is 5.68. The van der Waals surface area contributed by atoms with E-state index in [9.17, 15) is 9.90 Å². The summed E-state index contributed by atoms with van der Waals surface area (Å²) in [6.07, 6.45) is 1.71. The third-order valence-corrected chi connectivity index (χ3v) is 3.05. The lowest BCUT2D eigenvalue weighted by molar-refractivity contribution is 0.0116. The second kappa shape index (κ2) is 4.84. The molecule has 0 heterocycles. The minimum atomic E-state index is -0.472. The van der Waals surface area contributed by atoms with Crippen molar-refractivity contribution in [1.29, 1.82) is 0 Å². The summed E-state index contributed by atoms with van der Waals surface area (Å²) in [6, 6.07) is 0.0916. The third-order valence-electron chi connectivity index (χ3n) is 3.05. The lowest BCUT2D eigenvalue weighted by atomic mass is 10.1. The van der Waals surface area contributed by atoms with E-state index in [1.807, 2.05) is 34.6 Å². The Labute approximate surface area is 104 Å². The van der Waals surface area contributed by atoms with Crippen LogP contribution in [0.3, 0.4) is 0 Å². The molecule has 1 aliphatic rings. The van der Waals surface area contributed by atoms with Crippen LogP contribution in [0.2, 0.25) is 0 Å². The SMILES string of the molecule is CC(C)N(CC1(CO)CC1)C(=O)OC(C)(C)C. The molecule has 0 aliphatic heterocycles. The Hall–Kier alpha value is -0.770. The van der Waals surface area contributed by atoms with Crippen molar-refractivity contribution in [3.05, 3.63) is 0 Å². The summed E-state index contributed by atoms with van der Waals surface area (Å²) in [5.41, 5.74) is -0.540. The van der Waals surface area contributed by atoms with Crippen molar-refractivity contribution in [2.75, 3.05) is 13.2 Å². The number of amides is 1. The number of hydrogen-bond donors (Lipinski definition) is 1. The van der Waals surface area contributed by atoms with Gasteiger partial charge in [0.1, 0.15) is 5.60 Å². The average molecular weight is 243 g/mol. The number of ether oxygens (including phenoxy) is 1. The maximum Gasteiger partial charge on any atom is 0.410 e. The van der Waals surface area contributed by atoms with Crippen molar-refractivity contribution in [2.45, 2.75) is 59.1 Å². The van der Waals surface area contributed by atoms with Crippen LogP contribution in [0, 0.1) is 5.41 Å². The highest BCUT2D eigenvalue weighted by atomic mass is 16.6. The van der Waals surface area contributed by atoms with Crippen LogP contribution in [-0.2, 0) is 4.74 Å². The van der Waals surface area contributed by atoms with Crippen molar-refractivity contribution < 1.29 is 14.6 Å². The van der Waals surface area contributed by atoms with Gasteiger partial charge in [-0.3, -0.25) is 0 Å². The molecule has 1 amide bonds. The van der Waals surface area contributed by atoms with Crippen LogP contribution in [-0.4, -0.2) is 40.9 Å². The maximum atomic E-state index is 12.0. The molecule has 1 fully saturated rings. The zero-order valence-electron chi connectivity index (χ0n) is 11.6. The Morgan fingerprint density at radius 1 is 1.41 bits per heavy atom. The van der Waals surface area contributed by atoms with Crippen LogP contribution in [0.25, 0.3) is 0 Å². The van der Waals surface area contributed by atoms with Crippen LogP contribution in [0.4, 0.5) is 4.79 Å². The molecule has 1 rings (SSSR count). The Kier molecular flexibility index (Phi) is 4.07. The smallest absolute Gasteiger partial charge is 0.410 e. The molecular formula is C13H25NO3. The van der Waals surface area contributed by atoms with Crippen LogP contribution in [0.5, 0.6) is 0 Å². The minimum absolute atomic E-state index is 0.0683. The molecule has 4 nitrogen and oxygen atoms in total. The van der Waals surface area contributed by atoms with Crippen molar-refractivity contribution in [2.24, 2.45) is 5.41 Å². The largest absolute Gasteiger partial charge is 0.444 e. The summed E-state index contributed by atoms with van der Waals surface area (Å²) in [6.45, 7) is 10.3. The summed E-state index contributed by atoms with van der Waals surface area (Å²) in [4.78, 5) is 13.8. The van der Waals surface area contributed by atoms with E-state index in [0.29, 0.717) is 6.54 Å². The van der Waals surface area contributed by atoms with E-state index in [4.69, 9.17) is 4.74 Å². The second-order valence-corrected chi connectivity index (χ2v) is 6.36. The van der Waals surface area contributed by atoms with E-state index in [-0.39, 0.29) is 24.2 Å². The standard InChI is InChI=1S/C13H25NO3/c1-10(2)14(8-13(9-15)6-7-13)11(16)17-12(3,4)5/h10,15H,6-9H2,1-5H3. The number of carbonyl (C=O) groups excluding carboxylic acids is 1. The van der Waals surface area contributed by atoms with Crippen molar-refractivity contribution in [3.63, 3.8) is 0 Å². The molecule has 0 aromatic heterocycles. The van der Waals surface area contributed by atoms with Crippen molar-refractivity contribution >= 4 is 6.09 Å². The Morgan fingerprint density at radius 2 is 1.94 bits per heavy atom. The van der Waals surface area contributed by atoms with E-state index in [1.54, 1.807) is 4.90 Å². The Morgan fingerprint density at radius 3 is 2.24 bits per heavy atom. The van der Waals surface area contributed by atoms with Crippen molar-refractivity contribution in [3.8, 4) is 0 Å². The molecule has 0 unspecified atom stereocenters. The van der Waals surface area contributed by atoms with Gasteiger partial charge < -0.3 is 14.7 Å². The van der Waals surface area contributed by atoms with Gasteiger partial charge in [0.2, 0.25) is 0 Å². The number of nitrogens with zero attached hydrogens (tertiary/aromatic N) is 1. The van der Waals surface area contributed by atoms with Gasteiger partial charge in [-0.25, -0.2) is 4.79 Å². The molecule has 0 aromatic carbocycles. The van der Waals surface area contributed by atoms with Gasteiger partial charge in [0, 0.05) is 18.0 Å². The third kappa shape index (κ3) is 4.19. The van der Waals surface area contributed by atoms with E-state index in [2.05, 4.69) is 0 Å². The normalized spacial score (nSPS) is 18.1. The predicted molar refractivity (Wildman–Crippen MR) is 66.8 cm³/mol. The molecule has 0 saturated heterocycles. The van der Waals surface area contributed by atoms with Crippen LogP contribution < -0.4 is 0 Å². The van der Waals surface area contributed by atoms with E-state index < -0.39 is 5.60 Å². The first kappa shape index (κ1) is 14.3. The molecule has 0 radical (unpaired) electrons. The molecule has 1 N–H and O–H groups in total. The second-order valence-electron chi connectivity index (χ2n) is 6.36. The molecule has 0 bridgehead atoms. The van der Waals surface area contributed by atoms with E-state index >= 15 is 0 Å². The zero-order chi connectivity index (χ0) is 13.3. The summed E-state index contributed by atoms with van der Waals surface area (Å²) in [5.74, 6) is 0. The van der Waals surface area contributed by atoms with Crippen molar-refractivity contribution in [1.82, 2.24) is 4.90 Å². The predicted octanol–water partition coefficient (Wildman–Crippen LogP) is 2.40. The topological polar surface area (TPSA) is 49.8 Å². The Balaban J connectivity index is 2.63. The molecule has 100 valence electrons. The van der Waals surface area contributed by atoms with Gasteiger partial charge in [0.25, 0.3) is 0 Å². The van der Waals surface area contributed by atoms with Gasteiger partial charge in [-0.2, -0.15) is 0 Å². The highest BCUT2D eigenvalue weighted by Crippen LogP contribution is 2.46. The number of rotatable bonds is 4. The monoisotopic (exact) mass is 243 g/mol. The molecule has 0 aromatic rings. The molecule has 1 saturated carbocycles. The summed E-state index contributed by atoms with van der Waals surface area (Å²) < 4.78 is 5.38. The fraction of sp³-hybridized carbons (Fsp3) is 0.923. The summed E-state index contributed by atoms with van der Waals surface area (Å²) >= 11 is 0. The summed E-state index contributed by atoms with van der Waals surface area (Å²) in [5, 5.41) is 9.32. The fourth-order valence-electron chi connectivity index (χ4n) is 1.68. The van der Waals surface area contributed by atoms with Gasteiger partial charge in [-0.1, -0.05) is 0 Å². The van der Waals surface area contributed by atoms with Gasteiger partial charge in [0.05, 0.1) is 6.61 Å². The van der Waals surface area contributed by atoms with Crippen LogP contribution >= 0.6 is 0 Å². The molecule has 4 heteroatoms. The van der Waals surface area contributed by atoms with Gasteiger partial charge in [-0.15, -0.1) is 0 Å². The number of aliphatic hydroxyl groups is 1. The highest BCUT2D eigenvalue weighted by Gasteiger charge is 2.45. The van der Waals surface area contributed by atoms with Crippen LogP contribution in [0.1, 0.15) is 47.5 Å². The first-order valence-corrected chi connectivity index (χ1v) is 6.30. The first-order chi connectivity index (χ1) is 7.69. The molecule has 17 heavy (non-hydrogen) atoms. The molecule has 0 atom stereocenters. The van der Waals surface area contributed by atoms with Gasteiger partial charge >= 0.3 is 6.09 Å². The molecule has 1 aliphatic carbocycles. The zero-order valence-corrected chi connectivity index (χ0v) is 11.6. The lowest BCUT2D eigenvalue weighted by Crippen LogP contribution is -2.44. The number of carbonyl (C=O) groups is 1. The number of hydrogen-bond acceptors (Lipinski definition) is 3. The maximum absolute atomic E-state index is 12.0. The number of aliphatic hydroxyl groups excluding tert-OH is 1. The minimum Gasteiger partial charge on any atom is -0.444 e. The fourth-order valence-corrected chi connectivity index (χ4v) is 1.68. The Bertz CT molecular complexity index is 277. The van der Waals surface area contributed by atoms with Crippen LogP contribution in [0.15, 0.2) is 0 Å². The lowest BCUT2D eigenvalue weighted by Gasteiger charge is -2.32.